The van der Waals surface area contributed by atoms with E-state index in [0.717, 1.165) is 38.5 Å². The van der Waals surface area contributed by atoms with E-state index < -0.39 is 36.9 Å². The number of aliphatic hydroxyl groups is 4. The van der Waals surface area contributed by atoms with Gasteiger partial charge in [-0.3, -0.25) is 4.79 Å². The van der Waals surface area contributed by atoms with Gasteiger partial charge in [-0.1, -0.05) is 321 Å². The average molecular weight is 963 g/mol. The summed E-state index contributed by atoms with van der Waals surface area (Å²) in [5, 5.41) is 44.1. The molecule has 6 nitrogen and oxygen atoms in total. The molecule has 0 aromatic carbocycles. The summed E-state index contributed by atoms with van der Waals surface area (Å²) in [5.74, 6) is -0.577. The lowest BCUT2D eigenvalue weighted by Gasteiger charge is -2.27. The van der Waals surface area contributed by atoms with Crippen LogP contribution in [0.4, 0.5) is 0 Å². The third-order valence-corrected chi connectivity index (χ3v) is 15.0. The molecule has 6 heteroatoms. The molecule has 0 saturated carbocycles. The number of amides is 1. The van der Waals surface area contributed by atoms with Crippen molar-refractivity contribution in [2.75, 3.05) is 6.61 Å². The van der Waals surface area contributed by atoms with Gasteiger partial charge < -0.3 is 25.7 Å². The number of carbonyl (C=O) groups is 1. The molecule has 0 aromatic heterocycles. The molecule has 68 heavy (non-hydrogen) atoms. The molecule has 0 aromatic rings. The zero-order valence-corrected chi connectivity index (χ0v) is 46.1. The summed E-state index contributed by atoms with van der Waals surface area (Å²) in [6, 6.07) is -0.984. The third kappa shape index (κ3) is 50.0. The summed E-state index contributed by atoms with van der Waals surface area (Å²) in [5.41, 5.74) is 0. The van der Waals surface area contributed by atoms with Crippen LogP contribution in [0.2, 0.25) is 0 Å². The van der Waals surface area contributed by atoms with Gasteiger partial charge in [0.25, 0.3) is 0 Å². The summed E-state index contributed by atoms with van der Waals surface area (Å²) in [6.07, 6.45) is 68.7. The van der Waals surface area contributed by atoms with E-state index in [1.165, 1.54) is 283 Å². The second-order valence-corrected chi connectivity index (χ2v) is 21.8. The van der Waals surface area contributed by atoms with Gasteiger partial charge in [0.2, 0.25) is 5.91 Å². The van der Waals surface area contributed by atoms with Crippen molar-refractivity contribution < 1.29 is 25.2 Å². The number of carbonyl (C=O) groups excluding carboxylic acids is 1. The molecule has 0 fully saturated rings. The van der Waals surface area contributed by atoms with E-state index in [-0.39, 0.29) is 0 Å². The minimum Gasteiger partial charge on any atom is -0.394 e. The summed E-state index contributed by atoms with van der Waals surface area (Å²) in [7, 11) is 0. The monoisotopic (exact) mass is 962 g/mol. The highest BCUT2D eigenvalue weighted by Crippen LogP contribution is 2.19. The van der Waals surface area contributed by atoms with Crippen LogP contribution >= 0.6 is 0 Å². The van der Waals surface area contributed by atoms with Crippen LogP contribution in [0, 0.1) is 0 Å². The summed E-state index contributed by atoms with van der Waals surface area (Å²) < 4.78 is 0. The highest BCUT2D eigenvalue weighted by Gasteiger charge is 2.28. The highest BCUT2D eigenvalue weighted by atomic mass is 16.3. The van der Waals surface area contributed by atoms with Gasteiger partial charge >= 0.3 is 0 Å². The molecule has 0 rings (SSSR count). The first-order valence-corrected chi connectivity index (χ1v) is 31.1. The number of hydrogen-bond acceptors (Lipinski definition) is 5. The molecule has 406 valence electrons. The molecule has 1 amide bonds. The van der Waals surface area contributed by atoms with Crippen LogP contribution in [-0.2, 0) is 4.79 Å². The smallest absolute Gasteiger partial charge is 0.249 e. The van der Waals surface area contributed by atoms with Gasteiger partial charge in [-0.2, -0.15) is 0 Å². The van der Waals surface area contributed by atoms with Crippen molar-refractivity contribution in [2.24, 2.45) is 0 Å². The summed E-state index contributed by atoms with van der Waals surface area (Å²) in [6.45, 7) is 4.10. The molecule has 0 bridgehead atoms. The van der Waals surface area contributed by atoms with Gasteiger partial charge in [0, 0.05) is 0 Å². The van der Waals surface area contributed by atoms with Gasteiger partial charge in [-0.05, 0) is 38.5 Å². The Morgan fingerprint density at radius 1 is 0.353 bits per heavy atom. The Balaban J connectivity index is 3.57. The first-order valence-electron chi connectivity index (χ1n) is 31.1. The van der Waals surface area contributed by atoms with Crippen molar-refractivity contribution in [3.8, 4) is 0 Å². The molecule has 4 unspecified atom stereocenters. The largest absolute Gasteiger partial charge is 0.394 e. The maximum absolute atomic E-state index is 12.6. The quantitative estimate of drug-likeness (QED) is 0.0308. The second-order valence-electron chi connectivity index (χ2n) is 21.8. The van der Waals surface area contributed by atoms with Crippen LogP contribution in [0.5, 0.6) is 0 Å². The SMILES string of the molecule is CCCCCCCCCCCCCC/C=C\CCCCCCCCCCCCCCCC(O)C(=O)NC(CO)C(O)C(O)CCCCCCCCCCCCCCCCCCCCCCCCC. The molecule has 0 aliphatic carbocycles. The predicted molar refractivity (Wildman–Crippen MR) is 298 cm³/mol. The number of aliphatic hydroxyl groups excluding tert-OH is 4. The molecule has 0 radical (unpaired) electrons. The Kier molecular flexibility index (Phi) is 56.2. The number of rotatable bonds is 58. The molecule has 0 spiro atoms. The average Bonchev–Trinajstić information content (AvgIpc) is 3.34. The summed E-state index contributed by atoms with van der Waals surface area (Å²) in [4.78, 5) is 12.6. The molecule has 4 atom stereocenters. The fraction of sp³-hybridized carbons (Fsp3) is 0.952. The van der Waals surface area contributed by atoms with Crippen LogP contribution < -0.4 is 5.32 Å². The van der Waals surface area contributed by atoms with E-state index in [1.54, 1.807) is 0 Å². The van der Waals surface area contributed by atoms with E-state index in [4.69, 9.17) is 0 Å². The molecule has 0 heterocycles. The minimum absolute atomic E-state index is 0.373. The Morgan fingerprint density at radius 3 is 0.853 bits per heavy atom. The second kappa shape index (κ2) is 57.0. The fourth-order valence-corrected chi connectivity index (χ4v) is 10.1. The van der Waals surface area contributed by atoms with Crippen molar-refractivity contribution in [1.82, 2.24) is 5.32 Å². The van der Waals surface area contributed by atoms with Crippen molar-refractivity contribution in [3.63, 3.8) is 0 Å². The maximum Gasteiger partial charge on any atom is 0.249 e. The highest BCUT2D eigenvalue weighted by molar-refractivity contribution is 5.80. The van der Waals surface area contributed by atoms with Gasteiger partial charge in [-0.15, -0.1) is 0 Å². The van der Waals surface area contributed by atoms with Gasteiger partial charge in [0.05, 0.1) is 18.8 Å². The Hall–Kier alpha value is -0.950. The van der Waals surface area contributed by atoms with Gasteiger partial charge in [-0.25, -0.2) is 0 Å². The van der Waals surface area contributed by atoms with E-state index >= 15 is 0 Å². The third-order valence-electron chi connectivity index (χ3n) is 15.0. The van der Waals surface area contributed by atoms with Crippen LogP contribution in [0.15, 0.2) is 12.2 Å². The van der Waals surface area contributed by atoms with E-state index in [9.17, 15) is 25.2 Å². The zero-order chi connectivity index (χ0) is 49.5. The Labute approximate surface area is 425 Å². The molecule has 0 aliphatic rings. The Bertz CT molecular complexity index is 990. The van der Waals surface area contributed by atoms with Gasteiger partial charge in [0.15, 0.2) is 0 Å². The van der Waals surface area contributed by atoms with Crippen molar-refractivity contribution in [2.45, 2.75) is 372 Å². The van der Waals surface area contributed by atoms with Crippen molar-refractivity contribution >= 4 is 5.91 Å². The maximum atomic E-state index is 12.6. The molecule has 0 aliphatic heterocycles. The predicted octanol–water partition coefficient (Wildman–Crippen LogP) is 18.4. The topological polar surface area (TPSA) is 110 Å². The van der Waals surface area contributed by atoms with Crippen LogP contribution in [-0.4, -0.2) is 57.3 Å². The first-order chi connectivity index (χ1) is 33.5. The van der Waals surface area contributed by atoms with Crippen LogP contribution in [0.1, 0.15) is 348 Å². The fourth-order valence-electron chi connectivity index (χ4n) is 10.1. The minimum atomic E-state index is -1.26. The molecular formula is C62H123NO5. The van der Waals surface area contributed by atoms with Crippen LogP contribution in [0.25, 0.3) is 0 Å². The lowest BCUT2D eigenvalue weighted by atomic mass is 9.99. The van der Waals surface area contributed by atoms with E-state index in [2.05, 4.69) is 31.3 Å². The van der Waals surface area contributed by atoms with Gasteiger partial charge in [0.1, 0.15) is 12.2 Å². The lowest BCUT2D eigenvalue weighted by molar-refractivity contribution is -0.132. The van der Waals surface area contributed by atoms with Crippen molar-refractivity contribution in [3.05, 3.63) is 12.2 Å². The molecule has 5 N–H and O–H groups in total. The zero-order valence-electron chi connectivity index (χ0n) is 46.1. The molecule has 0 saturated heterocycles. The van der Waals surface area contributed by atoms with Crippen LogP contribution in [0.3, 0.4) is 0 Å². The normalized spacial score (nSPS) is 13.7. The van der Waals surface area contributed by atoms with Crippen molar-refractivity contribution in [1.29, 1.82) is 0 Å². The Morgan fingerprint density at radius 2 is 0.588 bits per heavy atom. The summed E-state index contributed by atoms with van der Waals surface area (Å²) >= 11 is 0. The van der Waals surface area contributed by atoms with E-state index in [1.807, 2.05) is 0 Å². The first kappa shape index (κ1) is 67.0. The standard InChI is InChI=1S/C62H123NO5/c1-3-5-7-9-11-13-15-17-19-21-23-25-27-28-29-30-31-32-34-36-38-40-42-44-46-48-50-52-54-56-60(66)62(68)63-58(57-64)61(67)59(65)55-53-51-49-47-45-43-41-39-37-35-33-26-24-22-20-18-16-14-12-10-8-6-4-2/h28-29,58-61,64-67H,3-27,30-57H2,1-2H3,(H,63,68)/b29-28-. The lowest BCUT2D eigenvalue weighted by Crippen LogP contribution is -2.53. The van der Waals surface area contributed by atoms with E-state index in [0.29, 0.717) is 12.8 Å². The number of unbranched alkanes of at least 4 members (excludes halogenated alkanes) is 47. The number of nitrogens with one attached hydrogen (secondary N) is 1. The number of hydrogen-bond donors (Lipinski definition) is 5. The molecular weight excluding hydrogens is 839 g/mol. The number of allylic oxidation sites excluding steroid dienone is 2.